The van der Waals surface area contributed by atoms with Crippen molar-refractivity contribution in [2.75, 3.05) is 19.8 Å². The van der Waals surface area contributed by atoms with Crippen molar-refractivity contribution in [1.82, 2.24) is 0 Å². The van der Waals surface area contributed by atoms with Crippen LogP contribution in [0.1, 0.15) is 141 Å². The summed E-state index contributed by atoms with van der Waals surface area (Å²) in [6, 6.07) is 36.8. The minimum Gasteiger partial charge on any atom is -0.490 e. The lowest BCUT2D eigenvalue weighted by molar-refractivity contribution is -0.134. The van der Waals surface area contributed by atoms with Crippen LogP contribution in [0.25, 0.3) is 0 Å². The Bertz CT molecular complexity index is 2100. The fourth-order valence-electron chi connectivity index (χ4n) is 7.15. The van der Waals surface area contributed by atoms with Gasteiger partial charge in [0.25, 0.3) is 0 Å². The van der Waals surface area contributed by atoms with Gasteiger partial charge < -0.3 is 57.2 Å². The number of benzene rings is 4. The van der Waals surface area contributed by atoms with Gasteiger partial charge >= 0.3 is 0 Å². The van der Waals surface area contributed by atoms with Crippen molar-refractivity contribution in [2.24, 2.45) is 46.6 Å². The molecular weight excluding hydrogens is 1010 g/mol. The van der Waals surface area contributed by atoms with Crippen LogP contribution in [-0.2, 0) is 28.8 Å². The van der Waals surface area contributed by atoms with E-state index in [-0.39, 0.29) is 50.1 Å². The number of carbonyl (C=O) groups is 6. The molecule has 0 radical (unpaired) electrons. The molecule has 4 aromatic carbocycles. The van der Waals surface area contributed by atoms with Gasteiger partial charge in [-0.3, -0.25) is 28.8 Å². The van der Waals surface area contributed by atoms with Gasteiger partial charge in [-0.15, -0.1) is 0 Å². The predicted octanol–water partition coefficient (Wildman–Crippen LogP) is 9.58. The zero-order chi connectivity index (χ0) is 61.1. The van der Waals surface area contributed by atoms with Crippen molar-refractivity contribution in [3.8, 4) is 23.0 Å². The molecule has 8 atom stereocenters. The highest BCUT2D eigenvalue weighted by Crippen LogP contribution is 2.24. The van der Waals surface area contributed by atoms with Crippen molar-refractivity contribution in [3.63, 3.8) is 0 Å². The largest absolute Gasteiger partial charge is 0.490 e. The number of nitrogens with two attached hydrogens (primary N) is 4. The van der Waals surface area contributed by atoms with Gasteiger partial charge in [-0.1, -0.05) is 169 Å². The summed E-state index contributed by atoms with van der Waals surface area (Å²) in [5.41, 5.74) is 20.5. The van der Waals surface area contributed by atoms with Crippen LogP contribution in [0.2, 0.25) is 0 Å². The molecule has 0 aliphatic heterocycles. The monoisotopic (exact) mass is 1110 g/mol. The maximum absolute atomic E-state index is 11.8. The van der Waals surface area contributed by atoms with E-state index < -0.39 is 66.7 Å². The molecule has 0 bridgehead atoms. The molecule has 4 rings (SSSR count). The van der Waals surface area contributed by atoms with E-state index in [1.165, 1.54) is 6.42 Å². The Balaban J connectivity index is -0.000000458. The van der Waals surface area contributed by atoms with Gasteiger partial charge in [-0.25, -0.2) is 0 Å². The Labute approximate surface area is 473 Å². The van der Waals surface area contributed by atoms with Crippen LogP contribution in [-0.4, -0.2) is 94.8 Å². The quantitative estimate of drug-likeness (QED) is 0.0267. The first-order valence-corrected chi connectivity index (χ1v) is 27.8. The topological polar surface area (TPSA) is 304 Å². The molecule has 79 heavy (non-hydrogen) atoms. The highest BCUT2D eigenvalue weighted by atomic mass is 16.5. The highest BCUT2D eigenvalue weighted by molar-refractivity contribution is 5.88. The van der Waals surface area contributed by atoms with E-state index in [4.69, 9.17) is 52.1 Å². The Kier molecular flexibility index (Phi) is 51.7. The minimum absolute atomic E-state index is 0.0682. The summed E-state index contributed by atoms with van der Waals surface area (Å²) in [5, 5.41) is 27.2. The molecule has 4 amide bonds. The van der Waals surface area contributed by atoms with Gasteiger partial charge in [0.2, 0.25) is 23.6 Å². The lowest BCUT2D eigenvalue weighted by atomic mass is 9.91. The number of ketones is 2. The minimum atomic E-state index is -1.03. The lowest BCUT2D eigenvalue weighted by Gasteiger charge is -2.25. The van der Waals surface area contributed by atoms with Crippen LogP contribution in [0, 0.1) is 23.7 Å². The van der Waals surface area contributed by atoms with Crippen LogP contribution in [0.3, 0.4) is 0 Å². The summed E-state index contributed by atoms with van der Waals surface area (Å²) >= 11 is 0. The number of aliphatic hydroxyl groups is 3. The summed E-state index contributed by atoms with van der Waals surface area (Å²) in [6.07, 6.45) is 1.47. The third-order valence-corrected chi connectivity index (χ3v) is 11.1. The Morgan fingerprint density at radius 1 is 0.380 bits per heavy atom. The van der Waals surface area contributed by atoms with Gasteiger partial charge in [0.05, 0.1) is 24.7 Å². The summed E-state index contributed by atoms with van der Waals surface area (Å²) in [4.78, 5) is 67.6. The number of Topliss-reactive ketones (excluding diaryl/α,β-unsaturated/α-hetero) is 2. The third kappa shape index (κ3) is 37.6. The van der Waals surface area contributed by atoms with E-state index in [2.05, 4.69) is 20.8 Å². The standard InChI is InChI=1S/C14H18N2O5.C14H20O3.C13H18N2O4.C13H20O.4C2H6/c15-13(19)6-10(11(18)8-17)12(7-14(16)20)21-9-4-2-1-3-5-9;1-3-12(13(16)10-15)14(4-2)17-11-8-6-5-7-9-11;14-12(17)6-9(8-16)11(7-13(15)18)19-10-4-2-1-3-5-10;1-4-11(3)13(5-2)14-12-9-7-6-8-10-12;4*1-2/h1-5,10,12,17H,6-8H2,(H2,15,19)(H2,16,20);5-9,12,14-15H,3-4,10H2,1-2H3;1-5,9,11,16H,6-8H2,(H2,14,17)(H2,15,18);6-11,13H,4-5H2,1-3H3;4*1-2H3/t10-,12-;12-,14-;9-,11+;11-,13+;;;;/m1100..../s1. The van der Waals surface area contributed by atoms with Crippen LogP contribution in [0.15, 0.2) is 121 Å². The molecule has 0 aliphatic rings. The molecule has 0 spiro atoms. The first-order valence-electron chi connectivity index (χ1n) is 27.8. The number of rotatable bonds is 29. The van der Waals surface area contributed by atoms with E-state index in [1.54, 1.807) is 54.6 Å². The lowest BCUT2D eigenvalue weighted by Crippen LogP contribution is -2.40. The smallest absolute Gasteiger partial charge is 0.221 e. The van der Waals surface area contributed by atoms with Gasteiger partial charge in [-0.2, -0.15) is 0 Å². The van der Waals surface area contributed by atoms with Crippen molar-refractivity contribution in [1.29, 1.82) is 0 Å². The molecule has 0 unspecified atom stereocenters. The zero-order valence-electron chi connectivity index (χ0n) is 49.7. The third-order valence-electron chi connectivity index (χ3n) is 11.1. The number of ether oxygens (including phenoxy) is 4. The fraction of sp³-hybridized carbons (Fsp3) is 0.516. The second-order valence-electron chi connectivity index (χ2n) is 16.6. The van der Waals surface area contributed by atoms with Gasteiger partial charge in [0, 0.05) is 25.4 Å². The predicted molar refractivity (Wildman–Crippen MR) is 316 cm³/mol. The number of primary amides is 4. The van der Waals surface area contributed by atoms with Crippen LogP contribution in [0.4, 0.5) is 0 Å². The molecule has 0 aromatic heterocycles. The van der Waals surface area contributed by atoms with Crippen LogP contribution < -0.4 is 41.9 Å². The summed E-state index contributed by atoms with van der Waals surface area (Å²) in [7, 11) is 0. The van der Waals surface area contributed by atoms with Crippen molar-refractivity contribution < 1.29 is 63.0 Å². The molecule has 0 saturated carbocycles. The second kappa shape index (κ2) is 51.9. The zero-order valence-corrected chi connectivity index (χ0v) is 49.7. The van der Waals surface area contributed by atoms with Gasteiger partial charge in [0.1, 0.15) is 60.6 Å². The molecule has 17 nitrogen and oxygen atoms in total. The molecule has 0 fully saturated rings. The Morgan fingerprint density at radius 3 is 0.949 bits per heavy atom. The maximum Gasteiger partial charge on any atom is 0.221 e. The maximum atomic E-state index is 11.8. The van der Waals surface area contributed by atoms with E-state index >= 15 is 0 Å². The molecule has 0 saturated heterocycles. The normalized spacial score (nSPS) is 12.7. The van der Waals surface area contributed by atoms with Crippen molar-refractivity contribution in [3.05, 3.63) is 121 Å². The van der Waals surface area contributed by atoms with E-state index in [1.807, 2.05) is 136 Å². The first-order chi connectivity index (χ1) is 38.0. The Morgan fingerprint density at radius 2 is 0.671 bits per heavy atom. The summed E-state index contributed by atoms with van der Waals surface area (Å²) in [6.45, 7) is 25.1. The molecule has 11 N–H and O–H groups in total. The number of para-hydroxylation sites is 4. The summed E-state index contributed by atoms with van der Waals surface area (Å²) in [5.74, 6) is -1.80. The second-order valence-corrected chi connectivity index (χ2v) is 16.6. The molecule has 4 aromatic rings. The molecule has 0 aliphatic carbocycles. The molecule has 446 valence electrons. The molecule has 17 heteroatoms. The van der Waals surface area contributed by atoms with E-state index in [0.29, 0.717) is 29.9 Å². The average Bonchev–Trinajstić information content (AvgIpc) is 3.47. The summed E-state index contributed by atoms with van der Waals surface area (Å²) < 4.78 is 22.9. The van der Waals surface area contributed by atoms with Crippen molar-refractivity contribution in [2.45, 2.75) is 166 Å². The average molecular weight is 1110 g/mol. The van der Waals surface area contributed by atoms with Gasteiger partial charge in [0.15, 0.2) is 11.6 Å². The first kappa shape index (κ1) is 78.7. The number of carbonyl (C=O) groups excluding carboxylic acids is 6. The highest BCUT2D eigenvalue weighted by Gasteiger charge is 2.33. The van der Waals surface area contributed by atoms with Crippen molar-refractivity contribution >= 4 is 35.2 Å². The van der Waals surface area contributed by atoms with E-state index in [0.717, 1.165) is 24.3 Å². The number of hydrogen-bond donors (Lipinski definition) is 7. The SMILES string of the molecule is CC.CC.CC.CC.CC[C@H](C(=O)CO)[C@@H](CC)Oc1ccccc1.CC[C@H](C)[C@@H](CC)Oc1ccccc1.NC(=O)C[C@@H](CO)[C@@H](CC(N)=O)Oc1ccccc1.NC(=O)C[C@H](C(=O)CO)[C@@H](CC(N)=O)Oc1ccccc1. The molecule has 0 heterocycles. The van der Waals surface area contributed by atoms with Crippen LogP contribution >= 0.6 is 0 Å². The molecular formula is C62H100N4O13. The Hall–Kier alpha value is -6.82. The number of aliphatic hydroxyl groups excluding tert-OH is 3. The fourth-order valence-corrected chi connectivity index (χ4v) is 7.15. The van der Waals surface area contributed by atoms with Gasteiger partial charge in [-0.05, 0) is 73.7 Å². The van der Waals surface area contributed by atoms with E-state index in [9.17, 15) is 33.9 Å². The van der Waals surface area contributed by atoms with Crippen LogP contribution in [0.5, 0.6) is 23.0 Å². The number of hydrogen-bond acceptors (Lipinski definition) is 13. The number of amides is 4.